The molecular weight excluding hydrogens is 452 g/mol. The molecule has 1 unspecified atom stereocenters. The molecule has 37 heavy (non-hydrogen) atoms. The lowest BCUT2D eigenvalue weighted by Crippen LogP contribution is -2.10. The normalized spacial score (nSPS) is 19.6. The summed E-state index contributed by atoms with van der Waals surface area (Å²) in [5.74, 6) is 1.28. The third-order valence-corrected chi connectivity index (χ3v) is 7.05. The van der Waals surface area contributed by atoms with Crippen molar-refractivity contribution < 1.29 is 9.53 Å². The van der Waals surface area contributed by atoms with Crippen LogP contribution in [0.4, 0.5) is 0 Å². The Morgan fingerprint density at radius 2 is 1.73 bits per heavy atom. The van der Waals surface area contributed by atoms with Gasteiger partial charge in [-0.05, 0) is 72.3 Å². The minimum Gasteiger partial charge on any atom is -0.385 e. The minimum absolute atomic E-state index is 0.289. The number of ketones is 1. The highest BCUT2D eigenvalue weighted by molar-refractivity contribution is 5.98. The average Bonchev–Trinajstić information content (AvgIpc) is 2.92. The number of rotatable bonds is 12. The van der Waals surface area contributed by atoms with Crippen LogP contribution < -0.4 is 0 Å². The van der Waals surface area contributed by atoms with E-state index in [-0.39, 0.29) is 5.78 Å². The molecule has 0 aromatic heterocycles. The lowest BCUT2D eigenvalue weighted by molar-refractivity contribution is -0.115. The molecule has 0 spiro atoms. The number of benzene rings is 2. The van der Waals surface area contributed by atoms with E-state index in [1.807, 2.05) is 6.08 Å². The molecule has 2 atom stereocenters. The molecule has 3 rings (SSSR count). The highest BCUT2D eigenvalue weighted by atomic mass is 16.5. The summed E-state index contributed by atoms with van der Waals surface area (Å²) in [6.07, 6.45) is 16.8. The average molecular weight is 501 g/mol. The molecule has 2 aromatic carbocycles. The maximum absolute atomic E-state index is 12.5. The van der Waals surface area contributed by atoms with Gasteiger partial charge >= 0.3 is 0 Å². The Morgan fingerprint density at radius 1 is 1.00 bits per heavy atom. The Hall–Kier alpha value is -2.71. The highest BCUT2D eigenvalue weighted by Crippen LogP contribution is 2.27. The lowest BCUT2D eigenvalue weighted by atomic mass is 9.86. The van der Waals surface area contributed by atoms with Crippen molar-refractivity contribution in [1.82, 2.24) is 0 Å². The van der Waals surface area contributed by atoms with E-state index in [9.17, 15) is 4.79 Å². The molecule has 2 heteroatoms. The van der Waals surface area contributed by atoms with Crippen molar-refractivity contribution in [1.29, 1.82) is 0 Å². The van der Waals surface area contributed by atoms with Crippen LogP contribution in [-0.2, 0) is 16.0 Å². The first kappa shape index (κ1) is 30.5. The Labute approximate surface area is 226 Å². The predicted octanol–water partition coefficient (Wildman–Crippen LogP) is 9.56. The molecule has 0 fully saturated rings. The summed E-state index contributed by atoms with van der Waals surface area (Å²) in [6.45, 7) is 9.60. The molecule has 1 aliphatic carbocycles. The molecule has 0 radical (unpaired) electrons. The molecule has 200 valence electrons. The maximum Gasteiger partial charge on any atom is 0.162 e. The molecule has 0 heterocycles. The molecule has 0 amide bonds. The smallest absolute Gasteiger partial charge is 0.162 e. The number of allylic oxidation sites excluding steroid dienone is 6. The fourth-order valence-electron chi connectivity index (χ4n) is 4.78. The number of Topliss-reactive ketones (excluding diaryl/α,β-unsaturated/α-hetero) is 1. The number of aryl methyl sites for hydroxylation is 1. The van der Waals surface area contributed by atoms with Gasteiger partial charge in [0.05, 0.1) is 0 Å². The molecule has 2 nitrogen and oxygen atoms in total. The number of ether oxygens (including phenoxy) is 1. The van der Waals surface area contributed by atoms with Gasteiger partial charge in [-0.1, -0.05) is 113 Å². The van der Waals surface area contributed by atoms with Crippen molar-refractivity contribution in [2.24, 2.45) is 11.8 Å². The Kier molecular flexibility index (Phi) is 14.6. The molecule has 2 aromatic rings. The Balaban J connectivity index is 0.000000291. The van der Waals surface area contributed by atoms with E-state index in [2.05, 4.69) is 101 Å². The van der Waals surface area contributed by atoms with E-state index in [1.54, 1.807) is 7.11 Å². The van der Waals surface area contributed by atoms with Crippen LogP contribution in [0.15, 0.2) is 90.0 Å². The second-order valence-electron chi connectivity index (χ2n) is 10.0. The van der Waals surface area contributed by atoms with Gasteiger partial charge in [0, 0.05) is 25.7 Å². The van der Waals surface area contributed by atoms with Gasteiger partial charge in [-0.2, -0.15) is 0 Å². The Bertz CT molecular complexity index is 1010. The monoisotopic (exact) mass is 500 g/mol. The predicted molar refractivity (Wildman–Crippen MR) is 160 cm³/mol. The summed E-state index contributed by atoms with van der Waals surface area (Å²) in [5.41, 5.74) is 6.29. The largest absolute Gasteiger partial charge is 0.385 e. The van der Waals surface area contributed by atoms with Gasteiger partial charge in [-0.25, -0.2) is 0 Å². The first-order chi connectivity index (χ1) is 18.0. The van der Waals surface area contributed by atoms with Crippen molar-refractivity contribution in [2.45, 2.75) is 79.1 Å². The van der Waals surface area contributed by atoms with E-state index in [4.69, 9.17) is 4.74 Å². The molecule has 0 saturated heterocycles. The lowest BCUT2D eigenvalue weighted by Gasteiger charge is -2.20. The Morgan fingerprint density at radius 3 is 2.41 bits per heavy atom. The van der Waals surface area contributed by atoms with Crippen LogP contribution in [0.5, 0.6) is 0 Å². The van der Waals surface area contributed by atoms with Crippen LogP contribution in [0.3, 0.4) is 0 Å². The van der Waals surface area contributed by atoms with Gasteiger partial charge in [0.1, 0.15) is 0 Å². The standard InChI is InChI=1S/C21H34O2.C14H14/c1-5-7-8-12-21(22)19-11-9-10-17(3)15-20(16-19)18(6-2)13-14-23-4;1-2-12-8-6-7-11-14(12)13-9-4-3-5-10-13/h9,11,15-18H,5-8,10,12-14H2,1-4H3;3-11H,2H2,1H3/b11-9+,19-16+,20-15+;/t17-,18?;/m1./s1. The summed E-state index contributed by atoms with van der Waals surface area (Å²) in [6, 6.07) is 19.1. The van der Waals surface area contributed by atoms with E-state index in [0.717, 1.165) is 57.1 Å². The van der Waals surface area contributed by atoms with Crippen LogP contribution in [0.2, 0.25) is 0 Å². The third-order valence-electron chi connectivity index (χ3n) is 7.05. The summed E-state index contributed by atoms with van der Waals surface area (Å²) in [4.78, 5) is 12.5. The molecule has 1 aliphatic rings. The van der Waals surface area contributed by atoms with Gasteiger partial charge < -0.3 is 4.74 Å². The van der Waals surface area contributed by atoms with Crippen LogP contribution >= 0.6 is 0 Å². The van der Waals surface area contributed by atoms with Crippen LogP contribution in [0, 0.1) is 11.8 Å². The summed E-state index contributed by atoms with van der Waals surface area (Å²) < 4.78 is 5.26. The van der Waals surface area contributed by atoms with Crippen molar-refractivity contribution in [3.63, 3.8) is 0 Å². The SMILES string of the molecule is CCCCCC(=O)C1=C/C(C(CC)CCOC)=C\[C@H](C)C\C=C\1.CCc1ccccc1-c1ccccc1. The van der Waals surface area contributed by atoms with Gasteiger partial charge in [0.2, 0.25) is 0 Å². The van der Waals surface area contributed by atoms with Crippen molar-refractivity contribution in [3.8, 4) is 11.1 Å². The van der Waals surface area contributed by atoms with Crippen LogP contribution in [0.1, 0.15) is 78.2 Å². The second-order valence-corrected chi connectivity index (χ2v) is 10.0. The van der Waals surface area contributed by atoms with Gasteiger partial charge in [0.25, 0.3) is 0 Å². The number of hydrogen-bond donors (Lipinski definition) is 0. The quantitative estimate of drug-likeness (QED) is 0.271. The zero-order valence-electron chi connectivity index (χ0n) is 23.8. The third kappa shape index (κ3) is 10.7. The number of hydrogen-bond acceptors (Lipinski definition) is 2. The summed E-state index contributed by atoms with van der Waals surface area (Å²) in [7, 11) is 1.75. The van der Waals surface area contributed by atoms with E-state index >= 15 is 0 Å². The molecule has 0 aliphatic heterocycles. The van der Waals surface area contributed by atoms with Crippen LogP contribution in [-0.4, -0.2) is 19.5 Å². The maximum atomic E-state index is 12.5. The van der Waals surface area contributed by atoms with Gasteiger partial charge in [0.15, 0.2) is 5.78 Å². The molecular formula is C35H48O2. The second kappa shape index (κ2) is 17.7. The number of unbranched alkanes of at least 4 members (excludes halogenated alkanes) is 2. The van der Waals surface area contributed by atoms with Crippen molar-refractivity contribution in [3.05, 3.63) is 95.6 Å². The van der Waals surface area contributed by atoms with Crippen LogP contribution in [0.25, 0.3) is 11.1 Å². The zero-order chi connectivity index (χ0) is 26.9. The van der Waals surface area contributed by atoms with Crippen molar-refractivity contribution in [2.75, 3.05) is 13.7 Å². The molecule has 0 N–H and O–H groups in total. The summed E-state index contributed by atoms with van der Waals surface area (Å²) in [5, 5.41) is 0. The molecule has 0 bridgehead atoms. The first-order valence-electron chi connectivity index (χ1n) is 14.3. The topological polar surface area (TPSA) is 26.3 Å². The van der Waals surface area contributed by atoms with Gasteiger partial charge in [-0.3, -0.25) is 4.79 Å². The van der Waals surface area contributed by atoms with E-state index < -0.39 is 0 Å². The summed E-state index contributed by atoms with van der Waals surface area (Å²) >= 11 is 0. The first-order valence-corrected chi connectivity index (χ1v) is 14.3. The molecule has 0 saturated carbocycles. The zero-order valence-corrected chi connectivity index (χ0v) is 23.8. The number of carbonyl (C=O) groups is 1. The van der Waals surface area contributed by atoms with Crippen molar-refractivity contribution >= 4 is 5.78 Å². The van der Waals surface area contributed by atoms with Gasteiger partial charge in [-0.15, -0.1) is 0 Å². The van der Waals surface area contributed by atoms with E-state index in [0.29, 0.717) is 18.3 Å². The number of carbonyl (C=O) groups excluding carboxylic acids is 1. The van der Waals surface area contributed by atoms with E-state index in [1.165, 1.54) is 22.3 Å². The fraction of sp³-hybridized carbons (Fsp3) is 0.457. The minimum atomic E-state index is 0.289. The fourth-order valence-corrected chi connectivity index (χ4v) is 4.78. The number of methoxy groups -OCH3 is 1. The highest BCUT2D eigenvalue weighted by Gasteiger charge is 2.16.